The summed E-state index contributed by atoms with van der Waals surface area (Å²) in [5.41, 5.74) is 2.68. The van der Waals surface area contributed by atoms with Gasteiger partial charge in [0.15, 0.2) is 0 Å². The van der Waals surface area contributed by atoms with Crippen LogP contribution in [0, 0.1) is 6.92 Å². The van der Waals surface area contributed by atoms with Crippen molar-refractivity contribution in [1.82, 2.24) is 15.0 Å². The number of thiazole rings is 1. The Morgan fingerprint density at radius 1 is 1.22 bits per heavy atom. The highest BCUT2D eigenvalue weighted by Crippen LogP contribution is 2.23. The molecule has 7 heteroatoms. The summed E-state index contributed by atoms with van der Waals surface area (Å²) in [4.78, 5) is 36.8. The molecular formula is C20H22N4O2S. The number of carbonyl (C=O) groups is 1. The first kappa shape index (κ1) is 19.0. The summed E-state index contributed by atoms with van der Waals surface area (Å²) in [7, 11) is 0. The molecule has 6 nitrogen and oxygen atoms in total. The number of hydrogen-bond acceptors (Lipinski definition) is 5. The van der Waals surface area contributed by atoms with E-state index >= 15 is 0 Å². The first-order valence-electron chi connectivity index (χ1n) is 8.98. The molecule has 0 aliphatic rings. The molecule has 0 aliphatic carbocycles. The maximum absolute atomic E-state index is 12.6. The Bertz CT molecular complexity index is 1020. The lowest BCUT2D eigenvalue weighted by atomic mass is 10.1. The van der Waals surface area contributed by atoms with Crippen molar-refractivity contribution in [2.24, 2.45) is 0 Å². The molecule has 3 aromatic rings. The lowest BCUT2D eigenvalue weighted by molar-refractivity contribution is 0.103. The van der Waals surface area contributed by atoms with Crippen LogP contribution >= 0.6 is 11.3 Å². The number of nitrogens with zero attached hydrogens (tertiary/aromatic N) is 2. The van der Waals surface area contributed by atoms with E-state index in [2.05, 4.69) is 27.2 Å². The van der Waals surface area contributed by atoms with Crippen molar-refractivity contribution < 1.29 is 4.79 Å². The Kier molecular flexibility index (Phi) is 5.81. The second-order valence-corrected chi connectivity index (χ2v) is 7.33. The summed E-state index contributed by atoms with van der Waals surface area (Å²) in [6.45, 7) is 5.90. The fraction of sp³-hybridized carbons (Fsp3) is 0.300. The second-order valence-electron chi connectivity index (χ2n) is 6.25. The number of aryl methyl sites for hydroxylation is 3. The fourth-order valence-electron chi connectivity index (χ4n) is 2.74. The molecule has 0 unspecified atom stereocenters. The number of nitrogens with one attached hydrogen (secondary N) is 2. The van der Waals surface area contributed by atoms with Crippen LogP contribution in [0.3, 0.4) is 0 Å². The number of amides is 1. The molecule has 0 fully saturated rings. The van der Waals surface area contributed by atoms with E-state index in [0.29, 0.717) is 22.8 Å². The van der Waals surface area contributed by atoms with Gasteiger partial charge in [-0.1, -0.05) is 26.0 Å². The number of rotatable bonds is 6. The number of H-pyrrole nitrogens is 1. The summed E-state index contributed by atoms with van der Waals surface area (Å²) in [5, 5.41) is 3.90. The lowest BCUT2D eigenvalue weighted by Crippen LogP contribution is -2.12. The highest BCUT2D eigenvalue weighted by atomic mass is 32.1. The van der Waals surface area contributed by atoms with E-state index in [1.54, 1.807) is 6.07 Å². The molecular weight excluding hydrogens is 360 g/mol. The minimum atomic E-state index is -0.185. The molecule has 2 N–H and O–H groups in total. The minimum absolute atomic E-state index is 0.173. The first-order chi connectivity index (χ1) is 13.0. The van der Waals surface area contributed by atoms with Crippen LogP contribution in [0.1, 0.15) is 46.3 Å². The normalized spacial score (nSPS) is 10.8. The number of carbonyl (C=O) groups excluding carboxylic acids is 1. The van der Waals surface area contributed by atoms with E-state index < -0.39 is 0 Å². The molecule has 0 saturated carbocycles. The number of benzene rings is 1. The van der Waals surface area contributed by atoms with Gasteiger partial charge in [-0.15, -0.1) is 11.3 Å². The van der Waals surface area contributed by atoms with Gasteiger partial charge in [-0.25, -0.2) is 9.97 Å². The summed E-state index contributed by atoms with van der Waals surface area (Å²) < 4.78 is 0. The van der Waals surface area contributed by atoms with Crippen LogP contribution in [0.5, 0.6) is 0 Å². The molecule has 3 rings (SSSR count). The fourth-order valence-corrected chi connectivity index (χ4v) is 3.80. The zero-order chi connectivity index (χ0) is 19.4. The van der Waals surface area contributed by atoms with Gasteiger partial charge in [0.2, 0.25) is 0 Å². The Morgan fingerprint density at radius 2 is 2.04 bits per heavy atom. The average Bonchev–Trinajstić information content (AvgIpc) is 3.02. The van der Waals surface area contributed by atoms with E-state index in [9.17, 15) is 9.59 Å². The van der Waals surface area contributed by atoms with Gasteiger partial charge < -0.3 is 10.3 Å². The number of hydrogen-bond donors (Lipinski definition) is 2. The van der Waals surface area contributed by atoms with E-state index in [-0.39, 0.29) is 11.5 Å². The molecule has 0 bridgehead atoms. The van der Waals surface area contributed by atoms with E-state index in [0.717, 1.165) is 34.8 Å². The monoisotopic (exact) mass is 382 g/mol. The molecule has 140 valence electrons. The van der Waals surface area contributed by atoms with Gasteiger partial charge in [0.25, 0.3) is 11.5 Å². The Morgan fingerprint density at radius 3 is 2.78 bits per heavy atom. The van der Waals surface area contributed by atoms with E-state index in [4.69, 9.17) is 0 Å². The zero-order valence-electron chi connectivity index (χ0n) is 15.6. The summed E-state index contributed by atoms with van der Waals surface area (Å²) in [5.74, 6) is 0.322. The Labute approximate surface area is 161 Å². The smallest absolute Gasteiger partial charge is 0.267 e. The van der Waals surface area contributed by atoms with Crippen molar-refractivity contribution in [3.63, 3.8) is 0 Å². The largest absolute Gasteiger partial charge is 0.321 e. The number of aromatic nitrogens is 3. The topological polar surface area (TPSA) is 87.7 Å². The van der Waals surface area contributed by atoms with Gasteiger partial charge in [0.1, 0.15) is 10.7 Å². The van der Waals surface area contributed by atoms with Crippen molar-refractivity contribution in [1.29, 1.82) is 0 Å². The van der Waals surface area contributed by atoms with Gasteiger partial charge in [0, 0.05) is 23.0 Å². The van der Waals surface area contributed by atoms with Gasteiger partial charge in [0.05, 0.1) is 10.7 Å². The van der Waals surface area contributed by atoms with Crippen molar-refractivity contribution in [2.75, 3.05) is 5.32 Å². The predicted octanol–water partition coefficient (Wildman–Crippen LogP) is 3.97. The third-order valence-corrected chi connectivity index (χ3v) is 5.28. The standard InChI is InChI=1S/C20H22N4O2S/c1-4-7-17-21-12(3)18(27-17)20(26)23-15-9-6-8-13(10-15)19-22-14(5-2)11-16(25)24-19/h6,8-11H,4-5,7H2,1-3H3,(H,23,26)(H,22,24,25). The zero-order valence-corrected chi connectivity index (χ0v) is 16.4. The van der Waals surface area contributed by atoms with Crippen molar-refractivity contribution in [2.45, 2.75) is 40.0 Å². The summed E-state index contributed by atoms with van der Waals surface area (Å²) >= 11 is 1.44. The van der Waals surface area contributed by atoms with Crippen LogP contribution in [0.25, 0.3) is 11.4 Å². The molecule has 27 heavy (non-hydrogen) atoms. The molecule has 2 heterocycles. The predicted molar refractivity (Wildman–Crippen MR) is 108 cm³/mol. The van der Waals surface area contributed by atoms with Crippen molar-refractivity contribution in [3.8, 4) is 11.4 Å². The maximum atomic E-state index is 12.6. The average molecular weight is 382 g/mol. The summed E-state index contributed by atoms with van der Waals surface area (Å²) in [6, 6.07) is 8.79. The SMILES string of the molecule is CCCc1nc(C)c(C(=O)Nc2cccc(-c3nc(CC)cc(=O)[nH]3)c2)s1. The van der Waals surface area contributed by atoms with Gasteiger partial charge in [-0.05, 0) is 38.3 Å². The van der Waals surface area contributed by atoms with Crippen molar-refractivity contribution in [3.05, 3.63) is 62.0 Å². The molecule has 0 atom stereocenters. The molecule has 0 saturated heterocycles. The molecule has 0 radical (unpaired) electrons. The molecule has 0 aliphatic heterocycles. The summed E-state index contributed by atoms with van der Waals surface area (Å²) in [6.07, 6.45) is 2.55. The minimum Gasteiger partial charge on any atom is -0.321 e. The molecule has 1 amide bonds. The first-order valence-corrected chi connectivity index (χ1v) is 9.80. The van der Waals surface area contributed by atoms with Crippen LogP contribution < -0.4 is 10.9 Å². The van der Waals surface area contributed by atoms with Gasteiger partial charge in [-0.3, -0.25) is 9.59 Å². The van der Waals surface area contributed by atoms with Crippen LogP contribution in [0.15, 0.2) is 35.1 Å². The van der Waals surface area contributed by atoms with E-state index in [1.807, 2.05) is 32.0 Å². The third-order valence-electron chi connectivity index (χ3n) is 4.06. The number of anilines is 1. The molecule has 1 aromatic carbocycles. The quantitative estimate of drug-likeness (QED) is 0.675. The highest BCUT2D eigenvalue weighted by Gasteiger charge is 2.15. The second kappa shape index (κ2) is 8.26. The molecule has 0 spiro atoms. The Balaban J connectivity index is 1.85. The Hall–Kier alpha value is -2.80. The van der Waals surface area contributed by atoms with Gasteiger partial charge in [-0.2, -0.15) is 0 Å². The van der Waals surface area contributed by atoms with Crippen LogP contribution in [0.2, 0.25) is 0 Å². The third kappa shape index (κ3) is 4.49. The number of aromatic amines is 1. The maximum Gasteiger partial charge on any atom is 0.267 e. The highest BCUT2D eigenvalue weighted by molar-refractivity contribution is 7.13. The van der Waals surface area contributed by atoms with Crippen LogP contribution in [-0.4, -0.2) is 20.9 Å². The van der Waals surface area contributed by atoms with Gasteiger partial charge >= 0.3 is 0 Å². The van der Waals surface area contributed by atoms with E-state index in [1.165, 1.54) is 17.4 Å². The lowest BCUT2D eigenvalue weighted by Gasteiger charge is -2.07. The molecule has 2 aromatic heterocycles. The van der Waals surface area contributed by atoms with Crippen molar-refractivity contribution >= 4 is 22.9 Å². The van der Waals surface area contributed by atoms with Crippen LogP contribution in [0.4, 0.5) is 5.69 Å². The van der Waals surface area contributed by atoms with Crippen LogP contribution in [-0.2, 0) is 12.8 Å².